The third-order valence-corrected chi connectivity index (χ3v) is 6.05. The highest BCUT2D eigenvalue weighted by molar-refractivity contribution is 5.88. The predicted octanol–water partition coefficient (Wildman–Crippen LogP) is 5.43. The fourth-order valence-electron chi connectivity index (χ4n) is 4.28. The molecule has 0 bridgehead atoms. The maximum absolute atomic E-state index is 14.0. The minimum atomic E-state index is -0.434. The van der Waals surface area contributed by atoms with Crippen molar-refractivity contribution in [3.63, 3.8) is 0 Å². The maximum Gasteiger partial charge on any atom is 0.221 e. The Hall–Kier alpha value is -3.31. The summed E-state index contributed by atoms with van der Waals surface area (Å²) in [6.45, 7) is 4.14. The molecule has 4 rings (SSSR count). The molecule has 1 N–H and O–H groups in total. The second-order valence-corrected chi connectivity index (χ2v) is 8.40. The first kappa shape index (κ1) is 21.9. The number of rotatable bonds is 6. The molecule has 4 nitrogen and oxygen atoms in total. The Morgan fingerprint density at radius 2 is 1.75 bits per heavy atom. The van der Waals surface area contributed by atoms with Crippen LogP contribution < -0.4 is 5.32 Å². The normalized spacial score (nSPS) is 16.2. The second kappa shape index (κ2) is 9.88. The van der Waals surface area contributed by atoms with Crippen molar-refractivity contribution >= 4 is 17.7 Å². The summed E-state index contributed by atoms with van der Waals surface area (Å²) < 4.78 is 14.0. The summed E-state index contributed by atoms with van der Waals surface area (Å²) in [5, 5.41) is 2.80. The summed E-state index contributed by atoms with van der Waals surface area (Å²) in [4.78, 5) is 17.9. The van der Waals surface area contributed by atoms with Crippen LogP contribution in [-0.4, -0.2) is 28.9 Å². The van der Waals surface area contributed by atoms with E-state index in [0.29, 0.717) is 0 Å². The molecule has 1 aromatic heterocycles. The van der Waals surface area contributed by atoms with Gasteiger partial charge in [-0.25, -0.2) is 4.98 Å². The predicted molar refractivity (Wildman–Crippen MR) is 127 cm³/mol. The minimum absolute atomic E-state index is 0.0698. The summed E-state index contributed by atoms with van der Waals surface area (Å²) in [6, 6.07) is 23.3. The number of likely N-dealkylation sites (tertiary alicyclic amines) is 1. The Morgan fingerprint density at radius 3 is 2.41 bits per heavy atom. The van der Waals surface area contributed by atoms with E-state index in [2.05, 4.69) is 51.6 Å². The Balaban J connectivity index is 1.48. The molecule has 1 fully saturated rings. The van der Waals surface area contributed by atoms with Crippen LogP contribution in [0.15, 0.2) is 78.9 Å². The van der Waals surface area contributed by atoms with Crippen molar-refractivity contribution in [1.82, 2.24) is 9.88 Å². The molecule has 0 atom stereocenters. The van der Waals surface area contributed by atoms with Crippen LogP contribution in [0.5, 0.6) is 0 Å². The van der Waals surface area contributed by atoms with Crippen LogP contribution >= 0.6 is 0 Å². The van der Waals surface area contributed by atoms with E-state index in [-0.39, 0.29) is 11.3 Å². The van der Waals surface area contributed by atoms with Gasteiger partial charge in [0.25, 0.3) is 0 Å². The summed E-state index contributed by atoms with van der Waals surface area (Å²) in [6.07, 6.45) is 6.08. The molecule has 5 heteroatoms. The first-order chi connectivity index (χ1) is 15.5. The number of carbonyl (C=O) groups excluding carboxylic acids is 1. The first-order valence-corrected chi connectivity index (χ1v) is 11.0. The maximum atomic E-state index is 14.0. The Kier molecular flexibility index (Phi) is 6.76. The van der Waals surface area contributed by atoms with Gasteiger partial charge in [-0.3, -0.25) is 9.69 Å². The number of aromatic nitrogens is 1. The number of piperidine rings is 1. The molecule has 1 aliphatic heterocycles. The van der Waals surface area contributed by atoms with Gasteiger partial charge in [0.05, 0.1) is 5.69 Å². The number of pyridine rings is 1. The van der Waals surface area contributed by atoms with Crippen molar-refractivity contribution in [3.8, 4) is 0 Å². The average molecular weight is 430 g/mol. The molecule has 0 spiro atoms. The molecule has 3 aromatic rings. The second-order valence-electron chi connectivity index (χ2n) is 8.40. The number of anilines is 1. The van der Waals surface area contributed by atoms with E-state index in [4.69, 9.17) is 0 Å². The van der Waals surface area contributed by atoms with E-state index in [0.717, 1.165) is 49.4 Å². The minimum Gasteiger partial charge on any atom is -0.326 e. The standard InChI is InChI=1S/C27H28FN3O/c1-21(32)29-24-12-10-23(11-13-24)20-31-18-16-27(17-19-31,25-8-5-9-26(28)30-25)15-14-22-6-3-2-4-7-22/h2-15H,16-20H2,1H3,(H,29,32). The number of carbonyl (C=O) groups is 1. The van der Waals surface area contributed by atoms with Crippen LogP contribution in [0.3, 0.4) is 0 Å². The monoisotopic (exact) mass is 429 g/mol. The Morgan fingerprint density at radius 1 is 1.03 bits per heavy atom. The molecule has 1 amide bonds. The Labute approximate surface area is 188 Å². The number of halogens is 1. The number of hydrogen-bond donors (Lipinski definition) is 1. The van der Waals surface area contributed by atoms with Gasteiger partial charge in [-0.05, 0) is 61.3 Å². The van der Waals surface area contributed by atoms with E-state index in [1.54, 1.807) is 6.07 Å². The highest BCUT2D eigenvalue weighted by Crippen LogP contribution is 2.37. The van der Waals surface area contributed by atoms with Crippen molar-refractivity contribution < 1.29 is 9.18 Å². The topological polar surface area (TPSA) is 45.2 Å². The molecular formula is C27H28FN3O. The number of nitrogens with one attached hydrogen (secondary N) is 1. The van der Waals surface area contributed by atoms with Crippen molar-refractivity contribution in [1.29, 1.82) is 0 Å². The molecule has 32 heavy (non-hydrogen) atoms. The van der Waals surface area contributed by atoms with Crippen LogP contribution in [-0.2, 0) is 16.8 Å². The quantitative estimate of drug-likeness (QED) is 0.532. The number of allylic oxidation sites excluding steroid dienone is 1. The van der Waals surface area contributed by atoms with Crippen LogP contribution in [0.25, 0.3) is 6.08 Å². The summed E-state index contributed by atoms with van der Waals surface area (Å²) >= 11 is 0. The van der Waals surface area contributed by atoms with Crippen LogP contribution in [0.1, 0.15) is 36.6 Å². The van der Waals surface area contributed by atoms with Crippen molar-refractivity contribution in [2.45, 2.75) is 31.7 Å². The number of nitrogens with zero attached hydrogens (tertiary/aromatic N) is 2. The lowest BCUT2D eigenvalue weighted by molar-refractivity contribution is -0.114. The molecule has 2 heterocycles. The summed E-state index contributed by atoms with van der Waals surface area (Å²) in [5.74, 6) is -0.503. The number of benzene rings is 2. The van der Waals surface area contributed by atoms with E-state index in [1.165, 1.54) is 18.6 Å². The van der Waals surface area contributed by atoms with E-state index < -0.39 is 5.95 Å². The molecule has 0 radical (unpaired) electrons. The zero-order chi connectivity index (χ0) is 22.4. The molecule has 0 unspecified atom stereocenters. The van der Waals surface area contributed by atoms with Gasteiger partial charge in [0.1, 0.15) is 0 Å². The molecule has 1 saturated heterocycles. The van der Waals surface area contributed by atoms with Crippen LogP contribution in [0, 0.1) is 5.95 Å². The lowest BCUT2D eigenvalue weighted by atomic mass is 9.74. The first-order valence-electron chi connectivity index (χ1n) is 11.0. The van der Waals surface area contributed by atoms with E-state index in [1.807, 2.05) is 36.4 Å². The van der Waals surface area contributed by atoms with Crippen molar-refractivity contribution in [3.05, 3.63) is 102 Å². The van der Waals surface area contributed by atoms with Gasteiger partial charge in [-0.15, -0.1) is 0 Å². The number of hydrogen-bond acceptors (Lipinski definition) is 3. The third kappa shape index (κ3) is 5.48. The summed E-state index contributed by atoms with van der Waals surface area (Å²) in [5.41, 5.74) is 3.65. The smallest absolute Gasteiger partial charge is 0.221 e. The molecule has 0 saturated carbocycles. The van der Waals surface area contributed by atoms with Gasteiger partial charge in [-0.2, -0.15) is 4.39 Å². The van der Waals surface area contributed by atoms with Crippen molar-refractivity contribution in [2.24, 2.45) is 0 Å². The zero-order valence-corrected chi connectivity index (χ0v) is 18.3. The lowest BCUT2D eigenvalue weighted by Crippen LogP contribution is -2.41. The van der Waals surface area contributed by atoms with Gasteiger partial charge >= 0.3 is 0 Å². The third-order valence-electron chi connectivity index (χ3n) is 6.05. The van der Waals surface area contributed by atoms with Gasteiger partial charge < -0.3 is 5.32 Å². The lowest BCUT2D eigenvalue weighted by Gasteiger charge is -2.40. The van der Waals surface area contributed by atoms with Gasteiger partial charge in [0, 0.05) is 24.6 Å². The molecule has 2 aromatic carbocycles. The molecule has 164 valence electrons. The average Bonchev–Trinajstić information content (AvgIpc) is 2.80. The van der Waals surface area contributed by atoms with Crippen LogP contribution in [0.2, 0.25) is 0 Å². The van der Waals surface area contributed by atoms with E-state index in [9.17, 15) is 9.18 Å². The highest BCUT2D eigenvalue weighted by Gasteiger charge is 2.35. The van der Waals surface area contributed by atoms with Gasteiger partial charge in [0.2, 0.25) is 11.9 Å². The zero-order valence-electron chi connectivity index (χ0n) is 18.3. The molecule has 0 aliphatic carbocycles. The highest BCUT2D eigenvalue weighted by atomic mass is 19.1. The SMILES string of the molecule is CC(=O)Nc1ccc(CN2CCC(C=Cc3ccccc3)(c3cccc(F)n3)CC2)cc1. The van der Waals surface area contributed by atoms with E-state index >= 15 is 0 Å². The summed E-state index contributed by atoms with van der Waals surface area (Å²) in [7, 11) is 0. The van der Waals surface area contributed by atoms with Crippen molar-refractivity contribution in [2.75, 3.05) is 18.4 Å². The number of amides is 1. The van der Waals surface area contributed by atoms with Crippen LogP contribution in [0.4, 0.5) is 10.1 Å². The fraction of sp³-hybridized carbons (Fsp3) is 0.259. The van der Waals surface area contributed by atoms with Gasteiger partial charge in [0.15, 0.2) is 0 Å². The largest absolute Gasteiger partial charge is 0.326 e. The molecular weight excluding hydrogens is 401 g/mol. The Bertz CT molecular complexity index is 1070. The fourth-order valence-corrected chi connectivity index (χ4v) is 4.28. The molecule has 1 aliphatic rings. The van der Waals surface area contributed by atoms with Gasteiger partial charge in [-0.1, -0.05) is 60.7 Å².